The number of hydrogen-bond donors (Lipinski definition) is 1. The van der Waals surface area contributed by atoms with E-state index in [1.54, 1.807) is 11.1 Å². The van der Waals surface area contributed by atoms with Crippen molar-refractivity contribution in [2.45, 2.75) is 71.3 Å². The van der Waals surface area contributed by atoms with Gasteiger partial charge in [-0.3, -0.25) is 0 Å². The van der Waals surface area contributed by atoms with Crippen molar-refractivity contribution in [3.63, 3.8) is 0 Å². The standard InChI is InChI=1S/C22H30O/c1-3-4-5-16-7-11-21-20-9-6-15-14-17(23)8-10-18(15)19(20)12-13-22(16,21)2/h7,14,17-21,23H,5-6,8-13H2,1-2H3/t17-,18-,19+,20+,21-,22+/m0/s1. The summed E-state index contributed by atoms with van der Waals surface area (Å²) < 4.78 is 0. The Hall–Kier alpha value is -1.00. The largest absolute Gasteiger partial charge is 0.389 e. The lowest BCUT2D eigenvalue weighted by Gasteiger charge is -2.53. The maximum atomic E-state index is 9.95. The summed E-state index contributed by atoms with van der Waals surface area (Å²) in [5.41, 5.74) is 3.65. The van der Waals surface area contributed by atoms with Crippen molar-refractivity contribution in [3.8, 4) is 11.8 Å². The Balaban J connectivity index is 1.57. The fourth-order valence-corrected chi connectivity index (χ4v) is 6.43. The minimum Gasteiger partial charge on any atom is -0.389 e. The second-order valence-electron chi connectivity index (χ2n) is 8.49. The van der Waals surface area contributed by atoms with Gasteiger partial charge in [0.15, 0.2) is 0 Å². The Labute approximate surface area is 141 Å². The van der Waals surface area contributed by atoms with Crippen LogP contribution in [0, 0.1) is 40.9 Å². The third-order valence-electron chi connectivity index (χ3n) is 7.63. The predicted octanol–water partition coefficient (Wildman–Crippen LogP) is 4.87. The predicted molar refractivity (Wildman–Crippen MR) is 94.6 cm³/mol. The van der Waals surface area contributed by atoms with Crippen LogP contribution in [0.3, 0.4) is 0 Å². The molecule has 4 rings (SSSR count). The van der Waals surface area contributed by atoms with Crippen LogP contribution in [0.15, 0.2) is 23.3 Å². The van der Waals surface area contributed by atoms with Crippen molar-refractivity contribution >= 4 is 0 Å². The molecule has 2 fully saturated rings. The van der Waals surface area contributed by atoms with Crippen molar-refractivity contribution in [3.05, 3.63) is 23.3 Å². The third-order valence-corrected chi connectivity index (χ3v) is 7.63. The van der Waals surface area contributed by atoms with Crippen molar-refractivity contribution in [1.82, 2.24) is 0 Å². The second-order valence-corrected chi connectivity index (χ2v) is 8.49. The number of aliphatic hydroxyl groups excluding tert-OH is 1. The summed E-state index contributed by atoms with van der Waals surface area (Å²) in [6, 6.07) is 0. The molecule has 4 aliphatic rings. The van der Waals surface area contributed by atoms with E-state index in [9.17, 15) is 5.11 Å². The Morgan fingerprint density at radius 1 is 1.22 bits per heavy atom. The van der Waals surface area contributed by atoms with Gasteiger partial charge in [-0.1, -0.05) is 36.1 Å². The fourth-order valence-electron chi connectivity index (χ4n) is 6.43. The number of hydrogen-bond acceptors (Lipinski definition) is 1. The lowest BCUT2D eigenvalue weighted by atomic mass is 9.51. The van der Waals surface area contributed by atoms with Gasteiger partial charge in [-0.05, 0) is 81.0 Å². The first kappa shape index (κ1) is 15.5. The zero-order valence-electron chi connectivity index (χ0n) is 14.6. The van der Waals surface area contributed by atoms with Gasteiger partial charge in [-0.25, -0.2) is 0 Å². The normalized spacial score (nSPS) is 44.9. The van der Waals surface area contributed by atoms with Crippen LogP contribution in [0.2, 0.25) is 0 Å². The summed E-state index contributed by atoms with van der Waals surface area (Å²) in [5.74, 6) is 9.81. The average molecular weight is 310 g/mol. The molecular weight excluding hydrogens is 280 g/mol. The van der Waals surface area contributed by atoms with Crippen LogP contribution in [0.1, 0.15) is 65.2 Å². The third kappa shape index (κ3) is 2.42. The van der Waals surface area contributed by atoms with E-state index in [0.717, 1.165) is 36.5 Å². The van der Waals surface area contributed by atoms with Crippen LogP contribution in [-0.4, -0.2) is 11.2 Å². The smallest absolute Gasteiger partial charge is 0.0723 e. The molecule has 0 radical (unpaired) electrons. The molecule has 2 saturated carbocycles. The molecule has 0 saturated heterocycles. The summed E-state index contributed by atoms with van der Waals surface area (Å²) in [5, 5.41) is 9.95. The van der Waals surface area contributed by atoms with E-state index >= 15 is 0 Å². The first-order chi connectivity index (χ1) is 11.1. The molecule has 0 bridgehead atoms. The van der Waals surface area contributed by atoms with Crippen molar-refractivity contribution in [1.29, 1.82) is 0 Å². The molecule has 1 nitrogen and oxygen atoms in total. The first-order valence-corrected chi connectivity index (χ1v) is 9.61. The highest BCUT2D eigenvalue weighted by molar-refractivity contribution is 5.30. The average Bonchev–Trinajstić information content (AvgIpc) is 2.89. The van der Waals surface area contributed by atoms with Gasteiger partial charge >= 0.3 is 0 Å². The Morgan fingerprint density at radius 3 is 2.91 bits per heavy atom. The molecule has 1 N–H and O–H groups in total. The summed E-state index contributed by atoms with van der Waals surface area (Å²) in [7, 11) is 0. The van der Waals surface area contributed by atoms with Gasteiger partial charge < -0.3 is 5.11 Å². The molecule has 0 aromatic heterocycles. The van der Waals surface area contributed by atoms with E-state index in [2.05, 4.69) is 30.9 Å². The van der Waals surface area contributed by atoms with Crippen LogP contribution in [-0.2, 0) is 0 Å². The minimum absolute atomic E-state index is 0.168. The monoisotopic (exact) mass is 310 g/mol. The molecule has 0 amide bonds. The fraction of sp³-hybridized carbons (Fsp3) is 0.727. The highest BCUT2D eigenvalue weighted by Crippen LogP contribution is 2.62. The van der Waals surface area contributed by atoms with Gasteiger partial charge in [0.2, 0.25) is 0 Å². The lowest BCUT2D eigenvalue weighted by molar-refractivity contribution is 0.00404. The zero-order chi connectivity index (χ0) is 16.0. The molecule has 4 aliphatic carbocycles. The van der Waals surface area contributed by atoms with Gasteiger partial charge in [0.25, 0.3) is 0 Å². The highest BCUT2D eigenvalue weighted by atomic mass is 16.3. The van der Waals surface area contributed by atoms with E-state index in [-0.39, 0.29) is 6.10 Å². The highest BCUT2D eigenvalue weighted by Gasteiger charge is 2.53. The molecule has 0 aromatic rings. The second kappa shape index (κ2) is 5.82. The van der Waals surface area contributed by atoms with Crippen LogP contribution in [0.25, 0.3) is 0 Å². The van der Waals surface area contributed by atoms with Crippen LogP contribution in [0.4, 0.5) is 0 Å². The molecule has 0 unspecified atom stereocenters. The molecule has 124 valence electrons. The first-order valence-electron chi connectivity index (χ1n) is 9.61. The quantitative estimate of drug-likeness (QED) is 0.541. The van der Waals surface area contributed by atoms with Gasteiger partial charge in [0.05, 0.1) is 6.10 Å². The number of rotatable bonds is 1. The maximum absolute atomic E-state index is 9.95. The summed E-state index contributed by atoms with van der Waals surface area (Å²) in [6.45, 7) is 4.48. The Bertz CT molecular complexity index is 601. The number of fused-ring (bicyclic) bond motifs is 5. The Kier molecular flexibility index (Phi) is 3.93. The number of allylic oxidation sites excluding steroid dienone is 3. The molecule has 6 atom stereocenters. The summed E-state index contributed by atoms with van der Waals surface area (Å²) in [4.78, 5) is 0. The molecule has 0 spiro atoms. The van der Waals surface area contributed by atoms with Crippen LogP contribution < -0.4 is 0 Å². The van der Waals surface area contributed by atoms with Crippen molar-refractivity contribution in [2.24, 2.45) is 29.1 Å². The molecular formula is C22H30O. The van der Waals surface area contributed by atoms with Crippen LogP contribution >= 0.6 is 0 Å². The molecule has 0 heterocycles. The zero-order valence-corrected chi connectivity index (χ0v) is 14.6. The van der Waals surface area contributed by atoms with E-state index in [1.807, 2.05) is 6.92 Å². The van der Waals surface area contributed by atoms with Crippen molar-refractivity contribution in [2.75, 3.05) is 0 Å². The molecule has 0 aromatic carbocycles. The van der Waals surface area contributed by atoms with Crippen LogP contribution in [0.5, 0.6) is 0 Å². The van der Waals surface area contributed by atoms with E-state index in [4.69, 9.17) is 0 Å². The Morgan fingerprint density at radius 2 is 2.09 bits per heavy atom. The molecule has 0 aliphatic heterocycles. The molecule has 23 heavy (non-hydrogen) atoms. The summed E-state index contributed by atoms with van der Waals surface area (Å²) >= 11 is 0. The van der Waals surface area contributed by atoms with Gasteiger partial charge in [-0.15, -0.1) is 5.92 Å². The van der Waals surface area contributed by atoms with E-state index in [1.165, 1.54) is 38.5 Å². The van der Waals surface area contributed by atoms with E-state index in [0.29, 0.717) is 5.41 Å². The van der Waals surface area contributed by atoms with Gasteiger partial charge in [0.1, 0.15) is 0 Å². The van der Waals surface area contributed by atoms with Gasteiger partial charge in [-0.2, -0.15) is 0 Å². The van der Waals surface area contributed by atoms with Crippen molar-refractivity contribution < 1.29 is 5.11 Å². The molecule has 1 heteroatoms. The summed E-state index contributed by atoms with van der Waals surface area (Å²) in [6.07, 6.45) is 14.4. The van der Waals surface area contributed by atoms with Gasteiger partial charge in [0, 0.05) is 6.42 Å². The lowest BCUT2D eigenvalue weighted by Crippen LogP contribution is -2.45. The SMILES string of the molecule is CC#CCC1=CC[C@H]2[C@@H]3CCC4=C[C@@H](O)CC[C@@H]4[C@H]3CC[C@]12C. The number of aliphatic hydroxyl groups is 1. The topological polar surface area (TPSA) is 20.2 Å². The maximum Gasteiger partial charge on any atom is 0.0723 e. The minimum atomic E-state index is -0.168. The van der Waals surface area contributed by atoms with E-state index < -0.39 is 0 Å².